The van der Waals surface area contributed by atoms with Crippen molar-refractivity contribution < 1.29 is 9.59 Å². The zero-order valence-corrected chi connectivity index (χ0v) is 9.33. The molecule has 0 N–H and O–H groups in total. The number of nitrogens with zero attached hydrogens (tertiary/aromatic N) is 2. The second kappa shape index (κ2) is 3.59. The Hall–Kier alpha value is -1.06. The van der Waals surface area contributed by atoms with E-state index in [9.17, 15) is 9.59 Å². The van der Waals surface area contributed by atoms with E-state index >= 15 is 0 Å². The molecule has 0 atom stereocenters. The maximum Gasteiger partial charge on any atom is 0.327 e. The first-order valence-electron chi connectivity index (χ1n) is 5.00. The molecule has 1 fully saturated rings. The number of carbonyl (C=O) groups is 2. The lowest BCUT2D eigenvalue weighted by molar-refractivity contribution is -0.135. The van der Waals surface area contributed by atoms with Crippen molar-refractivity contribution in [3.05, 3.63) is 0 Å². The van der Waals surface area contributed by atoms with Gasteiger partial charge < -0.3 is 4.90 Å². The smallest absolute Gasteiger partial charge is 0.324 e. The number of hydrogen-bond donors (Lipinski definition) is 0. The lowest BCUT2D eigenvalue weighted by Gasteiger charge is -2.41. The summed E-state index contributed by atoms with van der Waals surface area (Å²) in [6.45, 7) is 8.78. The average molecular weight is 198 g/mol. The van der Waals surface area contributed by atoms with Crippen molar-refractivity contribution in [1.82, 2.24) is 9.80 Å². The highest BCUT2D eigenvalue weighted by Crippen LogP contribution is 2.20. The first kappa shape index (κ1) is 11.0. The molecule has 0 saturated carbocycles. The molecule has 0 unspecified atom stereocenters. The van der Waals surface area contributed by atoms with Gasteiger partial charge in [-0.3, -0.25) is 9.69 Å². The summed E-state index contributed by atoms with van der Waals surface area (Å²) < 4.78 is 0. The van der Waals surface area contributed by atoms with Gasteiger partial charge in [0.1, 0.15) is 0 Å². The number of amides is 3. The predicted octanol–water partition coefficient (Wildman–Crippen LogP) is 1.46. The van der Waals surface area contributed by atoms with Gasteiger partial charge in [-0.25, -0.2) is 4.79 Å². The highest BCUT2D eigenvalue weighted by molar-refractivity contribution is 5.97. The van der Waals surface area contributed by atoms with E-state index < -0.39 is 5.54 Å². The minimum absolute atomic E-state index is 0.0628. The summed E-state index contributed by atoms with van der Waals surface area (Å²) in [4.78, 5) is 26.5. The first-order valence-corrected chi connectivity index (χ1v) is 5.00. The first-order chi connectivity index (χ1) is 6.38. The highest BCUT2D eigenvalue weighted by atomic mass is 16.2. The Morgan fingerprint density at radius 3 is 2.29 bits per heavy atom. The molecule has 80 valence electrons. The maximum absolute atomic E-state index is 11.8. The van der Waals surface area contributed by atoms with Gasteiger partial charge in [-0.1, -0.05) is 0 Å². The van der Waals surface area contributed by atoms with E-state index in [0.717, 1.165) is 0 Å². The minimum atomic E-state index is -0.415. The standard InChI is InChI=1S/C10H18N2O2/c1-5-11-7-6-8(13)12(9(11)14)10(2,3)4/h5-7H2,1-4H3. The lowest BCUT2D eigenvalue weighted by Crippen LogP contribution is -2.58. The van der Waals surface area contributed by atoms with Crippen LogP contribution in [0.4, 0.5) is 4.79 Å². The molecule has 4 nitrogen and oxygen atoms in total. The summed E-state index contributed by atoms with van der Waals surface area (Å²) in [7, 11) is 0. The van der Waals surface area contributed by atoms with E-state index in [1.807, 2.05) is 27.7 Å². The summed E-state index contributed by atoms with van der Waals surface area (Å²) >= 11 is 0. The van der Waals surface area contributed by atoms with Gasteiger partial charge in [0.25, 0.3) is 0 Å². The number of imide groups is 1. The van der Waals surface area contributed by atoms with Crippen LogP contribution in [0.2, 0.25) is 0 Å². The van der Waals surface area contributed by atoms with Crippen molar-refractivity contribution in [2.75, 3.05) is 13.1 Å². The van der Waals surface area contributed by atoms with Gasteiger partial charge >= 0.3 is 6.03 Å². The van der Waals surface area contributed by atoms with Crippen LogP contribution in [0.1, 0.15) is 34.1 Å². The lowest BCUT2D eigenvalue weighted by atomic mass is 10.0. The van der Waals surface area contributed by atoms with Crippen molar-refractivity contribution in [3.8, 4) is 0 Å². The zero-order chi connectivity index (χ0) is 10.9. The number of rotatable bonds is 1. The van der Waals surface area contributed by atoms with E-state index in [2.05, 4.69) is 0 Å². The summed E-state index contributed by atoms with van der Waals surface area (Å²) in [5, 5.41) is 0. The Balaban J connectivity index is 2.90. The summed E-state index contributed by atoms with van der Waals surface area (Å²) in [6.07, 6.45) is 0.441. The summed E-state index contributed by atoms with van der Waals surface area (Å²) in [5.74, 6) is -0.0628. The Morgan fingerprint density at radius 2 is 1.86 bits per heavy atom. The molecule has 0 bridgehead atoms. The molecule has 0 radical (unpaired) electrons. The van der Waals surface area contributed by atoms with Gasteiger partial charge in [-0.2, -0.15) is 0 Å². The van der Waals surface area contributed by atoms with Crippen molar-refractivity contribution in [2.24, 2.45) is 0 Å². The summed E-state index contributed by atoms with van der Waals surface area (Å²) in [6, 6.07) is -0.156. The van der Waals surface area contributed by atoms with Gasteiger partial charge in [0.05, 0.1) is 0 Å². The SMILES string of the molecule is CCN1CCC(=O)N(C(C)(C)C)C1=O. The van der Waals surface area contributed by atoms with Crippen molar-refractivity contribution in [2.45, 2.75) is 39.7 Å². The molecule has 0 aliphatic carbocycles. The van der Waals surface area contributed by atoms with Gasteiger partial charge in [-0.15, -0.1) is 0 Å². The molecule has 0 aromatic carbocycles. The third kappa shape index (κ3) is 1.89. The molecule has 4 heteroatoms. The van der Waals surface area contributed by atoms with E-state index in [0.29, 0.717) is 19.5 Å². The Morgan fingerprint density at radius 1 is 1.29 bits per heavy atom. The Kier molecular flexibility index (Phi) is 2.83. The number of urea groups is 1. The predicted molar refractivity (Wildman–Crippen MR) is 53.9 cm³/mol. The van der Waals surface area contributed by atoms with Crippen LogP contribution in [0, 0.1) is 0 Å². The molecular weight excluding hydrogens is 180 g/mol. The van der Waals surface area contributed by atoms with E-state index in [1.165, 1.54) is 4.90 Å². The number of carbonyl (C=O) groups excluding carboxylic acids is 2. The van der Waals surface area contributed by atoms with Crippen molar-refractivity contribution in [3.63, 3.8) is 0 Å². The van der Waals surface area contributed by atoms with Crippen LogP contribution in [0.15, 0.2) is 0 Å². The van der Waals surface area contributed by atoms with E-state index in [1.54, 1.807) is 4.90 Å². The monoisotopic (exact) mass is 198 g/mol. The molecule has 1 rings (SSSR count). The molecule has 1 heterocycles. The van der Waals surface area contributed by atoms with E-state index in [-0.39, 0.29) is 11.9 Å². The van der Waals surface area contributed by atoms with Gasteiger partial charge in [-0.05, 0) is 27.7 Å². The third-order valence-corrected chi connectivity index (χ3v) is 2.36. The van der Waals surface area contributed by atoms with Crippen LogP contribution in [-0.4, -0.2) is 40.4 Å². The van der Waals surface area contributed by atoms with Crippen LogP contribution in [-0.2, 0) is 4.79 Å². The van der Waals surface area contributed by atoms with Crippen LogP contribution < -0.4 is 0 Å². The van der Waals surface area contributed by atoms with Gasteiger partial charge in [0, 0.05) is 25.0 Å². The fourth-order valence-electron chi connectivity index (χ4n) is 1.64. The topological polar surface area (TPSA) is 40.6 Å². The fraction of sp³-hybridized carbons (Fsp3) is 0.800. The van der Waals surface area contributed by atoms with Crippen molar-refractivity contribution in [1.29, 1.82) is 0 Å². The second-order valence-electron chi connectivity index (χ2n) is 4.51. The molecule has 14 heavy (non-hydrogen) atoms. The molecule has 0 spiro atoms. The zero-order valence-electron chi connectivity index (χ0n) is 9.33. The van der Waals surface area contributed by atoms with Gasteiger partial charge in [0.2, 0.25) is 5.91 Å². The van der Waals surface area contributed by atoms with Crippen LogP contribution in [0.25, 0.3) is 0 Å². The van der Waals surface area contributed by atoms with Crippen LogP contribution in [0.5, 0.6) is 0 Å². The quantitative estimate of drug-likeness (QED) is 0.640. The summed E-state index contributed by atoms with van der Waals surface area (Å²) in [5.41, 5.74) is -0.415. The van der Waals surface area contributed by atoms with Crippen LogP contribution in [0.3, 0.4) is 0 Å². The maximum atomic E-state index is 11.8. The average Bonchev–Trinajstić information content (AvgIpc) is 2.02. The second-order valence-corrected chi connectivity index (χ2v) is 4.51. The minimum Gasteiger partial charge on any atom is -0.324 e. The molecule has 1 aliphatic heterocycles. The fourth-order valence-corrected chi connectivity index (χ4v) is 1.64. The van der Waals surface area contributed by atoms with E-state index in [4.69, 9.17) is 0 Å². The molecular formula is C10H18N2O2. The molecule has 3 amide bonds. The third-order valence-electron chi connectivity index (χ3n) is 2.36. The molecule has 1 aliphatic rings. The normalized spacial score (nSPS) is 19.1. The van der Waals surface area contributed by atoms with Gasteiger partial charge in [0.15, 0.2) is 0 Å². The molecule has 0 aromatic rings. The molecule has 1 saturated heterocycles. The Bertz CT molecular complexity index is 255. The van der Waals surface area contributed by atoms with Crippen LogP contribution >= 0.6 is 0 Å². The number of hydrogen-bond acceptors (Lipinski definition) is 2. The highest BCUT2D eigenvalue weighted by Gasteiger charge is 2.38. The largest absolute Gasteiger partial charge is 0.327 e. The Labute approximate surface area is 84.9 Å². The molecule has 0 aromatic heterocycles. The van der Waals surface area contributed by atoms with Crippen molar-refractivity contribution >= 4 is 11.9 Å².